The van der Waals surface area contributed by atoms with Gasteiger partial charge in [0, 0.05) is 17.4 Å². The van der Waals surface area contributed by atoms with Crippen molar-refractivity contribution in [1.82, 2.24) is 4.98 Å². The molecule has 0 unspecified atom stereocenters. The molecule has 1 aromatic carbocycles. The van der Waals surface area contributed by atoms with Crippen LogP contribution in [0.15, 0.2) is 29.6 Å². The molecular formula is C15H18N2S. The maximum Gasteiger partial charge on any atom is 0.0938 e. The first kappa shape index (κ1) is 11.9. The Hall–Kier alpha value is -1.19. The summed E-state index contributed by atoms with van der Waals surface area (Å²) in [6, 6.07) is 8.56. The van der Waals surface area contributed by atoms with Crippen LogP contribution >= 0.6 is 11.3 Å². The van der Waals surface area contributed by atoms with Gasteiger partial charge in [0.2, 0.25) is 0 Å². The normalized spacial score (nSPS) is 16.8. The number of nitrogens with zero attached hydrogens (tertiary/aromatic N) is 1. The van der Waals surface area contributed by atoms with Crippen LogP contribution in [0.4, 0.5) is 0 Å². The van der Waals surface area contributed by atoms with Crippen LogP contribution in [-0.4, -0.2) is 11.5 Å². The second-order valence-electron chi connectivity index (χ2n) is 5.37. The third-order valence-corrected chi connectivity index (χ3v) is 4.66. The van der Waals surface area contributed by atoms with E-state index in [2.05, 4.69) is 36.6 Å². The van der Waals surface area contributed by atoms with Gasteiger partial charge in [-0.25, -0.2) is 4.98 Å². The van der Waals surface area contributed by atoms with E-state index in [4.69, 9.17) is 10.7 Å². The summed E-state index contributed by atoms with van der Waals surface area (Å²) in [6.45, 7) is 2.90. The van der Waals surface area contributed by atoms with Crippen molar-refractivity contribution < 1.29 is 0 Å². The quantitative estimate of drug-likeness (QED) is 0.913. The second kappa shape index (κ2) is 4.48. The van der Waals surface area contributed by atoms with Gasteiger partial charge in [-0.15, -0.1) is 11.3 Å². The van der Waals surface area contributed by atoms with Crippen molar-refractivity contribution in [3.8, 4) is 11.3 Å². The Morgan fingerprint density at radius 2 is 2.00 bits per heavy atom. The molecule has 94 valence electrons. The smallest absolute Gasteiger partial charge is 0.0938 e. The summed E-state index contributed by atoms with van der Waals surface area (Å²) in [4.78, 5) is 4.75. The molecule has 1 aromatic heterocycles. The van der Waals surface area contributed by atoms with Crippen LogP contribution in [0.2, 0.25) is 0 Å². The molecule has 0 aliphatic heterocycles. The number of nitrogens with two attached hydrogens (primary N) is 1. The van der Waals surface area contributed by atoms with Crippen molar-refractivity contribution in [2.75, 3.05) is 6.54 Å². The average molecular weight is 258 g/mol. The molecule has 1 fully saturated rings. The summed E-state index contributed by atoms with van der Waals surface area (Å²) in [7, 11) is 0. The van der Waals surface area contributed by atoms with Gasteiger partial charge in [-0.05, 0) is 31.7 Å². The highest BCUT2D eigenvalue weighted by Gasteiger charge is 2.41. The lowest BCUT2D eigenvalue weighted by Crippen LogP contribution is -2.17. The fraction of sp³-hybridized carbons (Fsp3) is 0.400. The van der Waals surface area contributed by atoms with Crippen molar-refractivity contribution in [3.05, 3.63) is 40.2 Å². The Kier molecular flexibility index (Phi) is 2.96. The Morgan fingerprint density at radius 1 is 1.28 bits per heavy atom. The minimum absolute atomic E-state index is 0.377. The molecule has 3 rings (SSSR count). The first-order chi connectivity index (χ1) is 8.71. The minimum atomic E-state index is 0.377. The molecule has 0 spiro atoms. The van der Waals surface area contributed by atoms with Gasteiger partial charge in [0.15, 0.2) is 0 Å². The Labute approximate surface area is 112 Å². The molecule has 1 saturated carbocycles. The van der Waals surface area contributed by atoms with E-state index < -0.39 is 0 Å². The summed E-state index contributed by atoms with van der Waals surface area (Å²) >= 11 is 1.76. The van der Waals surface area contributed by atoms with Crippen molar-refractivity contribution in [1.29, 1.82) is 0 Å². The van der Waals surface area contributed by atoms with Crippen LogP contribution in [0.3, 0.4) is 0 Å². The zero-order chi connectivity index (χ0) is 12.6. The van der Waals surface area contributed by atoms with Crippen LogP contribution in [0.1, 0.15) is 23.4 Å². The molecule has 1 heterocycles. The summed E-state index contributed by atoms with van der Waals surface area (Å²) < 4.78 is 0. The minimum Gasteiger partial charge on any atom is -0.330 e. The topological polar surface area (TPSA) is 38.9 Å². The zero-order valence-electron chi connectivity index (χ0n) is 10.6. The molecule has 2 N–H and O–H groups in total. The molecular weight excluding hydrogens is 240 g/mol. The highest BCUT2D eigenvalue weighted by molar-refractivity contribution is 7.09. The van der Waals surface area contributed by atoms with E-state index in [0.29, 0.717) is 5.41 Å². The van der Waals surface area contributed by atoms with Crippen molar-refractivity contribution >= 4 is 11.3 Å². The van der Waals surface area contributed by atoms with E-state index >= 15 is 0 Å². The number of aromatic nitrogens is 1. The monoisotopic (exact) mass is 258 g/mol. The first-order valence-electron chi connectivity index (χ1n) is 6.42. The number of hydrogen-bond acceptors (Lipinski definition) is 3. The Balaban J connectivity index is 1.79. The van der Waals surface area contributed by atoms with Crippen LogP contribution in [0.25, 0.3) is 11.3 Å². The average Bonchev–Trinajstić information content (AvgIpc) is 3.00. The largest absolute Gasteiger partial charge is 0.330 e. The van der Waals surface area contributed by atoms with Gasteiger partial charge in [0.05, 0.1) is 10.7 Å². The van der Waals surface area contributed by atoms with E-state index in [-0.39, 0.29) is 0 Å². The van der Waals surface area contributed by atoms with Gasteiger partial charge < -0.3 is 5.73 Å². The molecule has 0 radical (unpaired) electrons. The van der Waals surface area contributed by atoms with Gasteiger partial charge in [-0.2, -0.15) is 0 Å². The van der Waals surface area contributed by atoms with Crippen molar-refractivity contribution in [3.63, 3.8) is 0 Å². The Bertz CT molecular complexity index is 538. The van der Waals surface area contributed by atoms with E-state index in [0.717, 1.165) is 18.7 Å². The second-order valence-corrected chi connectivity index (χ2v) is 6.32. The molecule has 2 nitrogen and oxygen atoms in total. The van der Waals surface area contributed by atoms with Gasteiger partial charge in [-0.3, -0.25) is 0 Å². The Morgan fingerprint density at radius 3 is 2.61 bits per heavy atom. The molecule has 0 atom stereocenters. The summed E-state index contributed by atoms with van der Waals surface area (Å²) in [5.74, 6) is 0. The van der Waals surface area contributed by atoms with Gasteiger partial charge in [0.1, 0.15) is 0 Å². The lowest BCUT2D eigenvalue weighted by Gasteiger charge is -2.08. The molecule has 2 aromatic rings. The maximum atomic E-state index is 5.83. The van der Waals surface area contributed by atoms with E-state index in [1.807, 2.05) is 0 Å². The van der Waals surface area contributed by atoms with Gasteiger partial charge in [0.25, 0.3) is 0 Å². The number of thiazole rings is 1. The highest BCUT2D eigenvalue weighted by atomic mass is 32.1. The van der Waals surface area contributed by atoms with Crippen LogP contribution < -0.4 is 5.73 Å². The fourth-order valence-electron chi connectivity index (χ4n) is 2.20. The number of hydrogen-bond donors (Lipinski definition) is 1. The summed E-state index contributed by atoms with van der Waals surface area (Å²) in [5, 5.41) is 3.39. The molecule has 0 bridgehead atoms. The SMILES string of the molecule is Cc1ccc(-c2csc(CC3(CN)CC3)n2)cc1. The van der Waals surface area contributed by atoms with Gasteiger partial charge in [-0.1, -0.05) is 29.8 Å². The van der Waals surface area contributed by atoms with Gasteiger partial charge >= 0.3 is 0 Å². The predicted octanol–water partition coefficient (Wildman–Crippen LogP) is 3.40. The molecule has 3 heteroatoms. The van der Waals surface area contributed by atoms with Crippen LogP contribution in [0.5, 0.6) is 0 Å². The van der Waals surface area contributed by atoms with Crippen molar-refractivity contribution in [2.45, 2.75) is 26.2 Å². The van der Waals surface area contributed by atoms with Crippen LogP contribution in [-0.2, 0) is 6.42 Å². The lowest BCUT2D eigenvalue weighted by atomic mass is 10.0. The summed E-state index contributed by atoms with van der Waals surface area (Å²) in [6.07, 6.45) is 3.59. The third-order valence-electron chi connectivity index (χ3n) is 3.82. The standard InChI is InChI=1S/C15H18N2S/c1-11-2-4-12(5-3-11)13-9-18-14(17-13)8-15(10-16)6-7-15/h2-5,9H,6-8,10,16H2,1H3. The van der Waals surface area contributed by atoms with E-state index in [1.165, 1.54) is 29.0 Å². The predicted molar refractivity (Wildman–Crippen MR) is 76.7 cm³/mol. The maximum absolute atomic E-state index is 5.83. The fourth-order valence-corrected chi connectivity index (χ4v) is 3.18. The lowest BCUT2D eigenvalue weighted by molar-refractivity contribution is 0.520. The molecule has 0 saturated heterocycles. The van der Waals surface area contributed by atoms with Crippen molar-refractivity contribution in [2.24, 2.45) is 11.1 Å². The zero-order valence-corrected chi connectivity index (χ0v) is 11.5. The molecule has 0 amide bonds. The third kappa shape index (κ3) is 2.33. The highest BCUT2D eigenvalue weighted by Crippen LogP contribution is 2.47. The molecule has 1 aliphatic rings. The van der Waals surface area contributed by atoms with E-state index in [9.17, 15) is 0 Å². The van der Waals surface area contributed by atoms with E-state index in [1.54, 1.807) is 11.3 Å². The number of rotatable bonds is 4. The molecule has 18 heavy (non-hydrogen) atoms. The van der Waals surface area contributed by atoms with Crippen LogP contribution in [0, 0.1) is 12.3 Å². The number of aryl methyl sites for hydroxylation is 1. The molecule has 1 aliphatic carbocycles. The summed E-state index contributed by atoms with van der Waals surface area (Å²) in [5.41, 5.74) is 9.80. The number of benzene rings is 1. The first-order valence-corrected chi connectivity index (χ1v) is 7.30.